The molecule has 1 aliphatic heterocycles. The van der Waals surface area contributed by atoms with Gasteiger partial charge in [-0.25, -0.2) is 24.3 Å². The van der Waals surface area contributed by atoms with Gasteiger partial charge < -0.3 is 16.0 Å². The van der Waals surface area contributed by atoms with E-state index in [-0.39, 0.29) is 35.2 Å². The minimum Gasteiger partial charge on any atom is -0.382 e. The molecule has 0 atom stereocenters. The van der Waals surface area contributed by atoms with Gasteiger partial charge in [-0.3, -0.25) is 23.4 Å². The molecule has 0 bridgehead atoms. The molecule has 0 saturated carbocycles. The molecule has 0 unspecified atom stereocenters. The van der Waals surface area contributed by atoms with E-state index < -0.39 is 17.2 Å². The lowest BCUT2D eigenvalue weighted by atomic mass is 9.95. The maximum absolute atomic E-state index is 13.4. The second-order valence-electron chi connectivity index (χ2n) is 12.3. The first-order chi connectivity index (χ1) is 22.5. The second-order valence-corrected chi connectivity index (χ2v) is 12.3. The van der Waals surface area contributed by atoms with Crippen molar-refractivity contribution >= 4 is 28.8 Å². The molecule has 1 aromatic carbocycles. The number of carbonyl (C=O) groups excluding carboxylic acids is 2. The monoisotopic (exact) mass is 635 g/mol. The molecule has 13 nitrogen and oxygen atoms in total. The van der Waals surface area contributed by atoms with Crippen LogP contribution in [0.1, 0.15) is 68.7 Å². The lowest BCUT2D eigenvalue weighted by molar-refractivity contribution is -0.135. The fourth-order valence-electron chi connectivity index (χ4n) is 6.00. The van der Waals surface area contributed by atoms with Crippen molar-refractivity contribution < 1.29 is 9.59 Å². The van der Waals surface area contributed by atoms with Crippen LogP contribution in [-0.2, 0) is 4.79 Å². The van der Waals surface area contributed by atoms with E-state index in [4.69, 9.17) is 10.7 Å². The summed E-state index contributed by atoms with van der Waals surface area (Å²) in [6.07, 6.45) is 7.84. The molecule has 3 N–H and O–H groups in total. The van der Waals surface area contributed by atoms with Crippen LogP contribution in [0.3, 0.4) is 0 Å². The summed E-state index contributed by atoms with van der Waals surface area (Å²) in [5.41, 5.74) is 7.38. The Morgan fingerprint density at radius 3 is 2.32 bits per heavy atom. The highest BCUT2D eigenvalue weighted by atomic mass is 16.2. The predicted molar refractivity (Wildman–Crippen MR) is 179 cm³/mol. The van der Waals surface area contributed by atoms with E-state index >= 15 is 0 Å². The maximum Gasteiger partial charge on any atom is 0.337 e. The fourth-order valence-corrected chi connectivity index (χ4v) is 6.00. The van der Waals surface area contributed by atoms with Crippen LogP contribution in [0.4, 0.5) is 11.5 Å². The average Bonchev–Trinajstić information content (AvgIpc) is 3.46. The van der Waals surface area contributed by atoms with Crippen LogP contribution in [0.2, 0.25) is 0 Å². The van der Waals surface area contributed by atoms with E-state index in [1.807, 2.05) is 41.5 Å². The number of hydrogen-bond acceptors (Lipinski definition) is 8. The summed E-state index contributed by atoms with van der Waals surface area (Å²) < 4.78 is 4.22. The molecule has 242 valence electrons. The number of nitrogens with one attached hydrogen (secondary N) is 1. The number of hydrogen-bond donors (Lipinski definition) is 2. The molecule has 1 aliphatic rings. The van der Waals surface area contributed by atoms with Crippen molar-refractivity contribution in [3.63, 3.8) is 0 Å². The zero-order valence-corrected chi connectivity index (χ0v) is 26.8. The van der Waals surface area contributed by atoms with Crippen LogP contribution in [-0.4, -0.2) is 58.3 Å². The smallest absolute Gasteiger partial charge is 0.337 e. The molecule has 5 heterocycles. The molecule has 5 aromatic rings. The molecule has 47 heavy (non-hydrogen) atoms. The molecule has 0 spiro atoms. The number of piperidine rings is 1. The van der Waals surface area contributed by atoms with Crippen molar-refractivity contribution in [2.75, 3.05) is 24.1 Å². The summed E-state index contributed by atoms with van der Waals surface area (Å²) in [6, 6.07) is 11.6. The van der Waals surface area contributed by atoms with Gasteiger partial charge >= 0.3 is 5.69 Å². The standard InChI is InChI=1S/C34H37N9O4/c1-20(2)32(45)40-16-12-23(13-17-40)30-39-27(28-29(35)37-15-18-41(28)30)22-8-10-24(11-9-22)38-31(44)25-19-42(21(3)4)34(47)43(33(25)46)26-7-5-6-14-36-26/h5-11,14-15,18-21,23H,12-13,16-17H2,1-4H3,(H2,35,37)(H,38,44). The van der Waals surface area contributed by atoms with Crippen molar-refractivity contribution in [2.24, 2.45) is 5.92 Å². The lowest BCUT2D eigenvalue weighted by Crippen LogP contribution is -2.43. The van der Waals surface area contributed by atoms with Gasteiger partial charge in [0.15, 0.2) is 0 Å². The SMILES string of the molecule is CC(C)C(=O)N1CCC(c2nc(-c3ccc(NC(=O)c4cn(C(C)C)c(=O)n(-c5ccccn5)c4=O)cc3)c3c(N)nccn23)CC1. The molecular formula is C34H37N9O4. The Labute approximate surface area is 270 Å². The fraction of sp³-hybridized carbons (Fsp3) is 0.324. The van der Waals surface area contributed by atoms with E-state index in [0.717, 1.165) is 28.8 Å². The number of nitrogens with zero attached hydrogens (tertiary/aromatic N) is 7. The molecule has 6 rings (SSSR count). The van der Waals surface area contributed by atoms with Gasteiger partial charge in [0.25, 0.3) is 11.5 Å². The Kier molecular flexibility index (Phi) is 8.46. The van der Waals surface area contributed by atoms with Gasteiger partial charge in [0.05, 0.1) is 0 Å². The van der Waals surface area contributed by atoms with E-state index in [1.165, 1.54) is 23.0 Å². The Morgan fingerprint density at radius 2 is 1.68 bits per heavy atom. The van der Waals surface area contributed by atoms with Crippen LogP contribution >= 0.6 is 0 Å². The van der Waals surface area contributed by atoms with Crippen molar-refractivity contribution in [1.29, 1.82) is 0 Å². The van der Waals surface area contributed by atoms with E-state index in [1.54, 1.807) is 44.3 Å². The number of amides is 2. The normalized spacial score (nSPS) is 13.9. The zero-order chi connectivity index (χ0) is 33.4. The van der Waals surface area contributed by atoms with Crippen molar-refractivity contribution in [2.45, 2.75) is 52.5 Å². The number of nitrogen functional groups attached to an aromatic ring is 1. The zero-order valence-electron chi connectivity index (χ0n) is 26.8. The number of likely N-dealkylation sites (tertiary alicyclic amines) is 1. The number of carbonyl (C=O) groups is 2. The van der Waals surface area contributed by atoms with Crippen LogP contribution < -0.4 is 22.3 Å². The second kappa shape index (κ2) is 12.7. The largest absolute Gasteiger partial charge is 0.382 e. The van der Waals surface area contributed by atoms with Crippen LogP contribution in [0.15, 0.2) is 76.8 Å². The summed E-state index contributed by atoms with van der Waals surface area (Å²) in [5.74, 6) is 0.940. The molecule has 4 aromatic heterocycles. The van der Waals surface area contributed by atoms with Gasteiger partial charge in [0, 0.05) is 67.0 Å². The summed E-state index contributed by atoms with van der Waals surface area (Å²) in [7, 11) is 0. The predicted octanol–water partition coefficient (Wildman–Crippen LogP) is 3.88. The van der Waals surface area contributed by atoms with Crippen LogP contribution in [0.25, 0.3) is 22.6 Å². The van der Waals surface area contributed by atoms with Crippen LogP contribution in [0.5, 0.6) is 0 Å². The molecule has 0 radical (unpaired) electrons. The van der Waals surface area contributed by atoms with E-state index in [9.17, 15) is 19.2 Å². The Hall–Kier alpha value is -5.59. The summed E-state index contributed by atoms with van der Waals surface area (Å²) in [5, 5.41) is 2.79. The number of fused-ring (bicyclic) bond motifs is 1. The third kappa shape index (κ3) is 5.91. The molecule has 13 heteroatoms. The van der Waals surface area contributed by atoms with Crippen molar-refractivity contribution in [3.8, 4) is 17.1 Å². The summed E-state index contributed by atoms with van der Waals surface area (Å²) in [4.78, 5) is 67.9. The number of nitrogens with two attached hydrogens (primary N) is 1. The third-order valence-corrected chi connectivity index (χ3v) is 8.49. The third-order valence-electron chi connectivity index (χ3n) is 8.49. The maximum atomic E-state index is 13.4. The van der Waals surface area contributed by atoms with Gasteiger partial charge in [-0.05, 0) is 51.0 Å². The first kappa shape index (κ1) is 31.4. The van der Waals surface area contributed by atoms with E-state index in [2.05, 4.69) is 15.3 Å². The first-order valence-electron chi connectivity index (χ1n) is 15.7. The van der Waals surface area contributed by atoms with Gasteiger partial charge in [0.2, 0.25) is 5.91 Å². The molecule has 0 aliphatic carbocycles. The van der Waals surface area contributed by atoms with Gasteiger partial charge in [0.1, 0.15) is 34.2 Å². The van der Waals surface area contributed by atoms with Crippen molar-refractivity contribution in [1.82, 2.24) is 33.4 Å². The Bertz CT molecular complexity index is 2070. The van der Waals surface area contributed by atoms with Gasteiger partial charge in [-0.1, -0.05) is 32.0 Å². The average molecular weight is 636 g/mol. The topological polar surface area (TPSA) is 163 Å². The number of benzene rings is 1. The van der Waals surface area contributed by atoms with Gasteiger partial charge in [-0.2, -0.15) is 0 Å². The number of rotatable bonds is 7. The summed E-state index contributed by atoms with van der Waals surface area (Å²) in [6.45, 7) is 8.76. The number of aromatic nitrogens is 6. The lowest BCUT2D eigenvalue weighted by Gasteiger charge is -2.32. The quantitative estimate of drug-likeness (QED) is 0.272. The summed E-state index contributed by atoms with van der Waals surface area (Å²) >= 11 is 0. The first-order valence-corrected chi connectivity index (χ1v) is 15.7. The highest BCUT2D eigenvalue weighted by molar-refractivity contribution is 6.04. The minimum absolute atomic E-state index is 0.0378. The minimum atomic E-state index is -0.765. The van der Waals surface area contributed by atoms with E-state index in [0.29, 0.717) is 35.8 Å². The molecular weight excluding hydrogens is 598 g/mol. The van der Waals surface area contributed by atoms with Crippen LogP contribution in [0, 0.1) is 5.92 Å². The number of pyridine rings is 1. The van der Waals surface area contributed by atoms with Crippen molar-refractivity contribution in [3.05, 3.63) is 99.5 Å². The Morgan fingerprint density at radius 1 is 0.957 bits per heavy atom. The highest BCUT2D eigenvalue weighted by Gasteiger charge is 2.29. The molecule has 1 fully saturated rings. The Balaban J connectivity index is 1.28. The highest BCUT2D eigenvalue weighted by Crippen LogP contribution is 2.35. The number of imidazole rings is 1. The molecule has 1 saturated heterocycles. The molecule has 2 amide bonds. The van der Waals surface area contributed by atoms with Gasteiger partial charge in [-0.15, -0.1) is 0 Å². The number of anilines is 2.